The first kappa shape index (κ1) is 24.8. The minimum Gasteiger partial charge on any atom is -0.367 e. The van der Waals surface area contributed by atoms with Gasteiger partial charge in [0.25, 0.3) is 5.91 Å². The van der Waals surface area contributed by atoms with Gasteiger partial charge in [-0.1, -0.05) is 12.1 Å². The Hall–Kier alpha value is -2.43. The first-order valence-electron chi connectivity index (χ1n) is 9.85. The Morgan fingerprint density at radius 3 is 2.52 bits per heavy atom. The fourth-order valence-electron chi connectivity index (χ4n) is 3.43. The number of nitrogens with one attached hydrogen (secondary N) is 2. The van der Waals surface area contributed by atoms with E-state index in [1.54, 1.807) is 26.0 Å². The summed E-state index contributed by atoms with van der Waals surface area (Å²) >= 11 is 0. The predicted octanol–water partition coefficient (Wildman–Crippen LogP) is 3.23. The summed E-state index contributed by atoms with van der Waals surface area (Å²) in [5.41, 5.74) is 2.08. The molecule has 1 unspecified atom stereocenters. The molecule has 2 aromatic carbocycles. The molecule has 0 bridgehead atoms. The van der Waals surface area contributed by atoms with Crippen molar-refractivity contribution in [3.63, 3.8) is 0 Å². The Labute approximate surface area is 198 Å². The topological polar surface area (TPSA) is 60.0 Å². The number of carbonyl (C=O) groups is 1. The molecule has 1 fully saturated rings. The van der Waals surface area contributed by atoms with E-state index in [2.05, 4.69) is 15.6 Å². The van der Waals surface area contributed by atoms with Crippen LogP contribution in [-0.2, 0) is 6.54 Å². The van der Waals surface area contributed by atoms with Gasteiger partial charge in [0.05, 0.1) is 5.69 Å². The van der Waals surface area contributed by atoms with Gasteiger partial charge in [0, 0.05) is 58.4 Å². The van der Waals surface area contributed by atoms with Crippen molar-refractivity contribution in [3.8, 4) is 0 Å². The Kier molecular flexibility index (Phi) is 9.02. The smallest absolute Gasteiger partial charge is 0.253 e. The summed E-state index contributed by atoms with van der Waals surface area (Å²) in [6, 6.07) is 11.2. The van der Waals surface area contributed by atoms with Crippen LogP contribution in [0.15, 0.2) is 47.5 Å². The van der Waals surface area contributed by atoms with Gasteiger partial charge in [-0.15, -0.1) is 24.0 Å². The summed E-state index contributed by atoms with van der Waals surface area (Å²) in [5.74, 6) is -0.506. The number of halogens is 3. The van der Waals surface area contributed by atoms with Crippen molar-refractivity contribution in [2.24, 2.45) is 4.99 Å². The molecule has 1 heterocycles. The van der Waals surface area contributed by atoms with E-state index in [1.807, 2.05) is 29.2 Å². The first-order valence-corrected chi connectivity index (χ1v) is 9.85. The van der Waals surface area contributed by atoms with Crippen LogP contribution < -0.4 is 15.5 Å². The van der Waals surface area contributed by atoms with Crippen molar-refractivity contribution in [2.45, 2.75) is 19.0 Å². The lowest BCUT2D eigenvalue weighted by atomic mass is 10.1. The van der Waals surface area contributed by atoms with E-state index < -0.39 is 11.6 Å². The first-order chi connectivity index (χ1) is 14.4. The van der Waals surface area contributed by atoms with Crippen molar-refractivity contribution in [3.05, 3.63) is 65.2 Å². The second kappa shape index (κ2) is 11.3. The van der Waals surface area contributed by atoms with Crippen LogP contribution in [0.1, 0.15) is 22.3 Å². The second-order valence-corrected chi connectivity index (χ2v) is 7.49. The molecule has 2 N–H and O–H groups in total. The maximum Gasteiger partial charge on any atom is 0.253 e. The van der Waals surface area contributed by atoms with Gasteiger partial charge < -0.3 is 20.4 Å². The van der Waals surface area contributed by atoms with E-state index in [4.69, 9.17) is 0 Å². The molecule has 1 amide bonds. The summed E-state index contributed by atoms with van der Waals surface area (Å²) in [4.78, 5) is 19.7. The molecule has 0 radical (unpaired) electrons. The molecule has 1 saturated heterocycles. The third-order valence-corrected chi connectivity index (χ3v) is 5.07. The summed E-state index contributed by atoms with van der Waals surface area (Å²) < 4.78 is 27.2. The van der Waals surface area contributed by atoms with Crippen molar-refractivity contribution in [1.82, 2.24) is 15.5 Å². The maximum atomic E-state index is 14.0. The lowest BCUT2D eigenvalue weighted by Gasteiger charge is -2.21. The zero-order valence-corrected chi connectivity index (χ0v) is 20.2. The van der Waals surface area contributed by atoms with Crippen molar-refractivity contribution >= 4 is 41.5 Å². The zero-order chi connectivity index (χ0) is 21.7. The normalized spacial score (nSPS) is 16.0. The molecule has 3 rings (SSSR count). The van der Waals surface area contributed by atoms with Gasteiger partial charge >= 0.3 is 0 Å². The van der Waals surface area contributed by atoms with Gasteiger partial charge in [0.1, 0.15) is 11.6 Å². The molecule has 168 valence electrons. The van der Waals surface area contributed by atoms with Gasteiger partial charge in [-0.3, -0.25) is 9.79 Å². The number of anilines is 1. The number of guanidine groups is 1. The Morgan fingerprint density at radius 2 is 1.90 bits per heavy atom. The summed E-state index contributed by atoms with van der Waals surface area (Å²) in [6.07, 6.45) is 0.818. The molecular weight excluding hydrogens is 515 g/mol. The third kappa shape index (κ3) is 6.52. The number of rotatable bonds is 5. The van der Waals surface area contributed by atoms with Gasteiger partial charge in [0.2, 0.25) is 0 Å². The number of amides is 1. The summed E-state index contributed by atoms with van der Waals surface area (Å²) in [6.45, 7) is 1.84. The highest BCUT2D eigenvalue weighted by Gasteiger charge is 2.25. The van der Waals surface area contributed by atoms with Crippen LogP contribution in [0.25, 0.3) is 0 Å². The maximum absolute atomic E-state index is 14.0. The molecule has 2 aromatic rings. The molecule has 0 saturated carbocycles. The quantitative estimate of drug-likeness (QED) is 0.346. The number of hydrogen-bond acceptors (Lipinski definition) is 3. The van der Waals surface area contributed by atoms with Gasteiger partial charge in [-0.2, -0.15) is 0 Å². The molecule has 1 aliphatic rings. The van der Waals surface area contributed by atoms with Crippen LogP contribution >= 0.6 is 24.0 Å². The summed E-state index contributed by atoms with van der Waals surface area (Å²) in [7, 11) is 5.14. The van der Waals surface area contributed by atoms with E-state index in [0.717, 1.165) is 18.1 Å². The Bertz CT molecular complexity index is 921. The number of nitrogens with zero attached hydrogens (tertiary/aromatic N) is 3. The van der Waals surface area contributed by atoms with Gasteiger partial charge in [0.15, 0.2) is 5.96 Å². The third-order valence-electron chi connectivity index (χ3n) is 5.07. The monoisotopic (exact) mass is 543 g/mol. The van der Waals surface area contributed by atoms with Crippen molar-refractivity contribution in [2.75, 3.05) is 39.1 Å². The van der Waals surface area contributed by atoms with Gasteiger partial charge in [-0.05, 0) is 36.2 Å². The highest BCUT2D eigenvalue weighted by atomic mass is 127. The van der Waals surface area contributed by atoms with E-state index in [-0.39, 0.29) is 35.9 Å². The highest BCUT2D eigenvalue weighted by molar-refractivity contribution is 14.0. The molecule has 9 heteroatoms. The Balaban J connectivity index is 0.00000341. The SMILES string of the molecule is CN=C(NCc1ccc(C(=O)N(C)C)cc1)NC1CCN(c2ccc(F)cc2F)C1.I. The predicted molar refractivity (Wildman–Crippen MR) is 130 cm³/mol. The van der Waals surface area contributed by atoms with E-state index in [9.17, 15) is 13.6 Å². The molecule has 31 heavy (non-hydrogen) atoms. The zero-order valence-electron chi connectivity index (χ0n) is 17.9. The highest BCUT2D eigenvalue weighted by Crippen LogP contribution is 2.24. The van der Waals surface area contributed by atoms with E-state index in [1.165, 1.54) is 12.1 Å². The minimum absolute atomic E-state index is 0. The van der Waals surface area contributed by atoms with Crippen LogP contribution in [0, 0.1) is 11.6 Å². The summed E-state index contributed by atoms with van der Waals surface area (Å²) in [5, 5.41) is 6.61. The molecule has 1 aliphatic heterocycles. The van der Waals surface area contributed by atoms with Crippen LogP contribution in [0.4, 0.5) is 14.5 Å². The molecule has 6 nitrogen and oxygen atoms in total. The molecule has 0 aromatic heterocycles. The fraction of sp³-hybridized carbons (Fsp3) is 0.364. The standard InChI is InChI=1S/C22H27F2N5O.HI/c1-25-22(26-13-15-4-6-16(7-5-15)21(30)28(2)3)27-18-10-11-29(14-18)20-9-8-17(23)12-19(20)24;/h4-9,12,18H,10-11,13-14H2,1-3H3,(H2,25,26,27);1H. The largest absolute Gasteiger partial charge is 0.367 e. The van der Waals surface area contributed by atoms with E-state index >= 15 is 0 Å². The van der Waals surface area contributed by atoms with Crippen LogP contribution in [0.5, 0.6) is 0 Å². The number of carbonyl (C=O) groups excluding carboxylic acids is 1. The van der Waals surface area contributed by atoms with Crippen LogP contribution in [0.2, 0.25) is 0 Å². The molecular formula is C22H28F2IN5O. The lowest BCUT2D eigenvalue weighted by molar-refractivity contribution is 0.0827. The van der Waals surface area contributed by atoms with Gasteiger partial charge in [-0.25, -0.2) is 8.78 Å². The minimum atomic E-state index is -0.575. The fourth-order valence-corrected chi connectivity index (χ4v) is 3.43. The number of hydrogen-bond donors (Lipinski definition) is 2. The molecule has 0 aliphatic carbocycles. The number of aliphatic imine (C=N–C) groups is 1. The van der Waals surface area contributed by atoms with Crippen LogP contribution in [-0.4, -0.2) is 57.0 Å². The average molecular weight is 543 g/mol. The average Bonchev–Trinajstić information content (AvgIpc) is 3.19. The lowest BCUT2D eigenvalue weighted by Crippen LogP contribution is -2.44. The number of benzene rings is 2. The molecule has 1 atom stereocenters. The molecule has 0 spiro atoms. The van der Waals surface area contributed by atoms with Crippen molar-refractivity contribution < 1.29 is 13.6 Å². The second-order valence-electron chi connectivity index (χ2n) is 7.49. The van der Waals surface area contributed by atoms with Crippen LogP contribution in [0.3, 0.4) is 0 Å². The van der Waals surface area contributed by atoms with Crippen molar-refractivity contribution in [1.29, 1.82) is 0 Å². The van der Waals surface area contributed by atoms with E-state index in [0.29, 0.717) is 36.8 Å². The Morgan fingerprint density at radius 1 is 1.19 bits per heavy atom.